The van der Waals surface area contributed by atoms with Gasteiger partial charge in [-0.25, -0.2) is 0 Å². The van der Waals surface area contributed by atoms with Crippen molar-refractivity contribution in [1.29, 1.82) is 0 Å². The Balaban J connectivity index is 1.69. The number of carbonyl (C=O) groups is 11. The second kappa shape index (κ2) is 37.4. The number of ether oxygens (including phenoxy) is 1. The number of aliphatic hydroxyl groups excluding tert-OH is 2. The predicted molar refractivity (Wildman–Crippen MR) is 331 cm³/mol. The first-order valence-corrected chi connectivity index (χ1v) is 29.8. The Morgan fingerprint density at radius 2 is 1.09 bits per heavy atom. The summed E-state index contributed by atoms with van der Waals surface area (Å²) in [6, 6.07) is 7.06. The van der Waals surface area contributed by atoms with Gasteiger partial charge in [0.25, 0.3) is 5.91 Å². The van der Waals surface area contributed by atoms with Crippen molar-refractivity contribution in [3.63, 3.8) is 0 Å². The van der Waals surface area contributed by atoms with Crippen LogP contribution in [0.5, 0.6) is 5.75 Å². The zero-order chi connectivity index (χ0) is 66.6. The fourth-order valence-electron chi connectivity index (χ4n) is 9.55. The third kappa shape index (κ3) is 23.1. The van der Waals surface area contributed by atoms with E-state index >= 15 is 0 Å². The van der Waals surface area contributed by atoms with E-state index in [1.807, 2.05) is 30.3 Å². The number of aliphatic hydroxyl groups is 2. The summed E-state index contributed by atoms with van der Waals surface area (Å²) in [6.07, 6.45) is -4.53. The quantitative estimate of drug-likeness (QED) is 0.0377. The highest BCUT2D eigenvalue weighted by Gasteiger charge is 2.38. The Labute approximate surface area is 522 Å². The lowest BCUT2D eigenvalue weighted by Crippen LogP contribution is -2.63. The molecule has 1 aliphatic heterocycles. The van der Waals surface area contributed by atoms with E-state index in [2.05, 4.69) is 58.5 Å². The summed E-state index contributed by atoms with van der Waals surface area (Å²) in [4.78, 5) is 155. The molecule has 0 spiro atoms. The smallest absolute Gasteiger partial charge is 0.252 e. The van der Waals surface area contributed by atoms with Gasteiger partial charge in [-0.15, -0.1) is 0 Å². The lowest BCUT2D eigenvalue weighted by molar-refractivity contribution is -0.136. The number of nitrogens with one attached hydrogen (secondary N) is 11. The van der Waals surface area contributed by atoms with Crippen LogP contribution < -0.4 is 91.9 Å². The van der Waals surface area contributed by atoms with E-state index in [0.29, 0.717) is 16.9 Å². The molecule has 4 rings (SSSR count). The molecule has 12 atom stereocenters. The van der Waals surface area contributed by atoms with Crippen molar-refractivity contribution >= 4 is 65.0 Å². The van der Waals surface area contributed by atoms with Crippen molar-refractivity contribution < 1.29 is 67.7 Å². The monoisotopic (exact) mass is 1260 g/mol. The summed E-state index contributed by atoms with van der Waals surface area (Å²) >= 11 is 0. The highest BCUT2D eigenvalue weighted by atomic mass is 16.5. The lowest BCUT2D eigenvalue weighted by atomic mass is 10.00. The second-order valence-corrected chi connectivity index (χ2v) is 22.2. The summed E-state index contributed by atoms with van der Waals surface area (Å²) in [5, 5.41) is 49.5. The van der Waals surface area contributed by atoms with Gasteiger partial charge in [-0.05, 0) is 119 Å². The van der Waals surface area contributed by atoms with E-state index in [1.165, 1.54) is 27.0 Å². The number of carbonyl (C=O) groups excluding carboxylic acids is 11. The molecule has 0 unspecified atom stereocenters. The van der Waals surface area contributed by atoms with Gasteiger partial charge in [0.2, 0.25) is 59.1 Å². The maximum atomic E-state index is 14.5. The van der Waals surface area contributed by atoms with Crippen LogP contribution in [0, 0.1) is 5.92 Å². The molecule has 494 valence electrons. The molecule has 30 heteroatoms. The molecule has 1 fully saturated rings. The number of methoxy groups -OCH3 is 1. The van der Waals surface area contributed by atoms with Crippen LogP contribution in [0.4, 0.5) is 0 Å². The molecular weight excluding hydrogens is 1170 g/mol. The van der Waals surface area contributed by atoms with Gasteiger partial charge in [-0.2, -0.15) is 0 Å². The number of nitrogens with two attached hydrogens (primary N) is 5. The predicted octanol–water partition coefficient (Wildman–Crippen LogP) is -5.25. The van der Waals surface area contributed by atoms with Gasteiger partial charge in [0.15, 0.2) is 0 Å². The average molecular weight is 1260 g/mol. The number of hydrogen-bond donors (Lipinski definition) is 18. The fourth-order valence-corrected chi connectivity index (χ4v) is 9.55. The molecule has 1 aliphatic rings. The van der Waals surface area contributed by atoms with Gasteiger partial charge in [0, 0.05) is 25.1 Å². The topological polar surface area (TPSA) is 500 Å². The molecule has 1 saturated heterocycles. The van der Waals surface area contributed by atoms with Gasteiger partial charge >= 0.3 is 0 Å². The summed E-state index contributed by atoms with van der Waals surface area (Å²) < 4.78 is 5.43. The van der Waals surface area contributed by atoms with Gasteiger partial charge in [-0.3, -0.25) is 52.7 Å². The van der Waals surface area contributed by atoms with Gasteiger partial charge in [0.1, 0.15) is 66.2 Å². The van der Waals surface area contributed by atoms with E-state index < -0.39 is 157 Å². The first-order chi connectivity index (χ1) is 42.9. The molecule has 0 bridgehead atoms. The molecule has 90 heavy (non-hydrogen) atoms. The molecule has 0 radical (unpaired) electrons. The van der Waals surface area contributed by atoms with Crippen LogP contribution in [-0.4, -0.2) is 194 Å². The van der Waals surface area contributed by atoms with Crippen molar-refractivity contribution in [3.05, 3.63) is 90.0 Å². The molecule has 0 aliphatic carbocycles. The SMILES string of the molecule is COc1cc(C(=O)N[C@@H](CCN)C(=O)N[C@H](C(=O)N[C@@H](CN)C(=O)N[C@H]2CCNC(=O)[C@H]([C@@H](C)O)NC(=O)[C@H](CCN)NC(=O)[C@H](CCN)NC(=O)[C@H](CC(C)C)NC(=O)[C@@H](Cc3ccccc3)NC(=O)[C@H](CCN)NC2=O)[C@@H](C)O)cc(-c2ccccc2)c1. The first-order valence-electron chi connectivity index (χ1n) is 29.8. The molecule has 23 N–H and O–H groups in total. The number of hydrogen-bond acceptors (Lipinski definition) is 19. The number of amides is 11. The molecule has 1 heterocycles. The van der Waals surface area contributed by atoms with Crippen molar-refractivity contribution in [2.24, 2.45) is 34.6 Å². The van der Waals surface area contributed by atoms with Crippen molar-refractivity contribution in [3.8, 4) is 16.9 Å². The summed E-state index contributed by atoms with van der Waals surface area (Å²) in [6.45, 7) is 4.17. The minimum atomic E-state index is -1.79. The Hall–Kier alpha value is -8.65. The maximum Gasteiger partial charge on any atom is 0.252 e. The molecule has 0 saturated carbocycles. The maximum absolute atomic E-state index is 14.5. The molecule has 30 nitrogen and oxygen atoms in total. The van der Waals surface area contributed by atoms with Crippen molar-refractivity contribution in [1.82, 2.24) is 58.5 Å². The van der Waals surface area contributed by atoms with Crippen LogP contribution in [0.2, 0.25) is 0 Å². The van der Waals surface area contributed by atoms with Crippen molar-refractivity contribution in [2.45, 2.75) is 145 Å². The van der Waals surface area contributed by atoms with Crippen LogP contribution in [0.3, 0.4) is 0 Å². The zero-order valence-electron chi connectivity index (χ0n) is 51.4. The third-order valence-electron chi connectivity index (χ3n) is 14.5. The Bertz CT molecular complexity index is 2900. The largest absolute Gasteiger partial charge is 0.497 e. The van der Waals surface area contributed by atoms with Crippen LogP contribution >= 0.6 is 0 Å². The Morgan fingerprint density at radius 1 is 0.567 bits per heavy atom. The van der Waals surface area contributed by atoms with Crippen LogP contribution in [-0.2, 0) is 54.4 Å². The minimum Gasteiger partial charge on any atom is -0.497 e. The summed E-state index contributed by atoms with van der Waals surface area (Å²) in [7, 11) is 1.42. The molecule has 11 amide bonds. The average Bonchev–Trinajstić information content (AvgIpc) is 1.03. The first kappa shape index (κ1) is 73.8. The summed E-state index contributed by atoms with van der Waals surface area (Å²) in [5.74, 6) is -10.3. The van der Waals surface area contributed by atoms with E-state index in [1.54, 1.807) is 56.3 Å². The normalized spacial score (nSPS) is 21.8. The standard InChI is InChI=1S/C60H90N16O14/c1-32(2)26-45-56(85)70-40(16-21-61)51(80)69-43(19-24-64)55(84)75-48(33(3)77)59(88)66-25-20-44(53(82)68-41(17-22-62)52(81)73-46(57(86)72-45)27-35-12-8-6-9-13-35)71-58(87)47(31-65)74-60(89)49(34(4)78)76-54(83)42(18-23-63)67-50(79)38-28-37(29-39(30-38)90-5)36-14-10-7-11-15-36/h6-15,28-30,32-34,40-49,77-78H,16-27,31,61-65H2,1-5H3,(H,66,88)(H,67,79)(H,68,82)(H,69,80)(H,70,85)(H,71,87)(H,72,86)(H,73,81)(H,74,89)(H,75,84)(H,76,83)/t33-,34-,40+,41+,42+,43+,44+,45+,46-,47+,48+,49+/m1/s1. The van der Waals surface area contributed by atoms with Crippen LogP contribution in [0.1, 0.15) is 82.1 Å². The van der Waals surface area contributed by atoms with Crippen molar-refractivity contribution in [2.75, 3.05) is 46.4 Å². The highest BCUT2D eigenvalue weighted by molar-refractivity contribution is 6.01. The second-order valence-electron chi connectivity index (χ2n) is 22.2. The van der Waals surface area contributed by atoms with Gasteiger partial charge < -0.3 is 102 Å². The van der Waals surface area contributed by atoms with Gasteiger partial charge in [0.05, 0.1) is 19.3 Å². The number of benzene rings is 3. The molecule has 3 aromatic rings. The zero-order valence-corrected chi connectivity index (χ0v) is 51.4. The Kier molecular flexibility index (Phi) is 30.7. The minimum absolute atomic E-state index is 0.0346. The lowest BCUT2D eigenvalue weighted by Gasteiger charge is -2.28. The Morgan fingerprint density at radius 3 is 1.61 bits per heavy atom. The molecule has 3 aromatic carbocycles. The van der Waals surface area contributed by atoms with E-state index in [4.69, 9.17) is 33.4 Å². The van der Waals surface area contributed by atoms with E-state index in [-0.39, 0.29) is 76.2 Å². The molecular formula is C60H90N16O14. The highest BCUT2D eigenvalue weighted by Crippen LogP contribution is 2.26. The van der Waals surface area contributed by atoms with E-state index in [0.717, 1.165) is 5.56 Å². The fraction of sp³-hybridized carbons (Fsp3) is 0.517. The molecule has 0 aromatic heterocycles. The summed E-state index contributed by atoms with van der Waals surface area (Å²) in [5.41, 5.74) is 31.7. The van der Waals surface area contributed by atoms with Crippen LogP contribution in [0.25, 0.3) is 11.1 Å². The van der Waals surface area contributed by atoms with Crippen LogP contribution in [0.15, 0.2) is 78.9 Å². The van der Waals surface area contributed by atoms with Gasteiger partial charge in [-0.1, -0.05) is 74.5 Å². The third-order valence-corrected chi connectivity index (χ3v) is 14.5. The number of rotatable bonds is 25. The van der Waals surface area contributed by atoms with E-state index in [9.17, 15) is 63.0 Å².